The van der Waals surface area contributed by atoms with E-state index in [9.17, 15) is 19.4 Å². The van der Waals surface area contributed by atoms with E-state index >= 15 is 0 Å². The summed E-state index contributed by atoms with van der Waals surface area (Å²) in [5.41, 5.74) is 0. The molecule has 0 radical (unpaired) electrons. The van der Waals surface area contributed by atoms with Gasteiger partial charge in [0.2, 0.25) is 5.91 Å². The van der Waals surface area contributed by atoms with Crippen molar-refractivity contribution in [1.82, 2.24) is 5.32 Å². The number of allylic oxidation sites excluding steroid dienone is 18. The molecule has 0 aromatic heterocycles. The van der Waals surface area contributed by atoms with Gasteiger partial charge in [-0.3, -0.25) is 13.8 Å². The standard InChI is InChI=1S/C57H99N2O6P/c1-6-8-10-11-12-13-14-15-16-17-18-19-20-21-22-23-24-25-26-27-28-29-30-31-32-33-34-35-36-37-38-39-40-41-42-43-44-45-46-47-49-51-57(61)58-55(56(60)50-48-9-7-2)54-65-66(62,63)64-53-52-59(3,4)5/h8,10,12-13,15-16,18-19,21-22,24-25,27-28,30-31,33-34,55-56,60H,6-7,9,11,14,17,20,23,26,29,32,35-54H2,1-5H3,(H-,58,61,62,63)/p+1/b10-8-,13-12-,16-15-,19-18-,22-21-,25-24-,28-27-,31-30-,34-33-. The average molecular weight is 940 g/mol. The summed E-state index contributed by atoms with van der Waals surface area (Å²) in [4.78, 5) is 22.9. The molecule has 0 aromatic carbocycles. The van der Waals surface area contributed by atoms with Crippen molar-refractivity contribution in [3.63, 3.8) is 0 Å². The van der Waals surface area contributed by atoms with Gasteiger partial charge in [0.05, 0.1) is 39.9 Å². The van der Waals surface area contributed by atoms with Gasteiger partial charge in [-0.2, -0.15) is 0 Å². The van der Waals surface area contributed by atoms with Gasteiger partial charge < -0.3 is 19.8 Å². The molecule has 9 heteroatoms. The Morgan fingerprint density at radius 3 is 1.30 bits per heavy atom. The van der Waals surface area contributed by atoms with Gasteiger partial charge in [-0.05, 0) is 83.5 Å². The molecule has 378 valence electrons. The largest absolute Gasteiger partial charge is 0.472 e. The number of quaternary nitrogens is 1. The maximum Gasteiger partial charge on any atom is 0.472 e. The summed E-state index contributed by atoms with van der Waals surface area (Å²) in [6.45, 7) is 4.58. The topological polar surface area (TPSA) is 105 Å². The van der Waals surface area contributed by atoms with Gasteiger partial charge in [-0.1, -0.05) is 213 Å². The van der Waals surface area contributed by atoms with Crippen molar-refractivity contribution in [1.29, 1.82) is 0 Å². The maximum atomic E-state index is 12.7. The molecule has 66 heavy (non-hydrogen) atoms. The Kier molecular flexibility index (Phi) is 45.2. The lowest BCUT2D eigenvalue weighted by molar-refractivity contribution is -0.870. The van der Waals surface area contributed by atoms with Gasteiger partial charge >= 0.3 is 7.82 Å². The van der Waals surface area contributed by atoms with Crippen LogP contribution in [-0.4, -0.2) is 73.4 Å². The zero-order valence-corrected chi connectivity index (χ0v) is 43.8. The van der Waals surface area contributed by atoms with Crippen LogP contribution in [0.1, 0.15) is 194 Å². The summed E-state index contributed by atoms with van der Waals surface area (Å²) in [7, 11) is 1.60. The highest BCUT2D eigenvalue weighted by Crippen LogP contribution is 2.43. The van der Waals surface area contributed by atoms with Crippen molar-refractivity contribution in [3.05, 3.63) is 109 Å². The summed E-state index contributed by atoms with van der Waals surface area (Å²) in [5.74, 6) is -0.162. The van der Waals surface area contributed by atoms with Gasteiger partial charge in [-0.25, -0.2) is 4.57 Å². The number of hydrogen-bond donors (Lipinski definition) is 3. The molecule has 0 aliphatic heterocycles. The van der Waals surface area contributed by atoms with Crippen molar-refractivity contribution in [2.45, 2.75) is 206 Å². The van der Waals surface area contributed by atoms with Crippen LogP contribution in [0.2, 0.25) is 0 Å². The van der Waals surface area contributed by atoms with E-state index in [1.807, 2.05) is 21.1 Å². The molecule has 0 rings (SSSR count). The first kappa shape index (κ1) is 63.2. The summed E-state index contributed by atoms with van der Waals surface area (Å²) < 4.78 is 23.3. The van der Waals surface area contributed by atoms with E-state index in [0.717, 1.165) is 96.3 Å². The van der Waals surface area contributed by atoms with E-state index in [0.29, 0.717) is 23.9 Å². The van der Waals surface area contributed by atoms with Crippen molar-refractivity contribution in [2.24, 2.45) is 0 Å². The van der Waals surface area contributed by atoms with Gasteiger partial charge in [0.1, 0.15) is 13.2 Å². The fourth-order valence-corrected chi connectivity index (χ4v) is 7.66. The van der Waals surface area contributed by atoms with Gasteiger partial charge in [0, 0.05) is 6.42 Å². The first-order valence-corrected chi connectivity index (χ1v) is 27.7. The highest BCUT2D eigenvalue weighted by Gasteiger charge is 2.28. The second-order valence-electron chi connectivity index (χ2n) is 18.5. The van der Waals surface area contributed by atoms with Crippen LogP contribution in [0.25, 0.3) is 0 Å². The third-order valence-electron chi connectivity index (χ3n) is 11.0. The Morgan fingerprint density at radius 1 is 0.530 bits per heavy atom. The predicted octanol–water partition coefficient (Wildman–Crippen LogP) is 15.6. The van der Waals surface area contributed by atoms with Crippen LogP contribution < -0.4 is 5.32 Å². The van der Waals surface area contributed by atoms with Crippen molar-refractivity contribution in [3.8, 4) is 0 Å². The molecule has 0 aliphatic carbocycles. The molecule has 3 unspecified atom stereocenters. The van der Waals surface area contributed by atoms with Crippen molar-refractivity contribution in [2.75, 3.05) is 40.9 Å². The summed E-state index contributed by atoms with van der Waals surface area (Å²) in [6.07, 6.45) is 69.6. The average Bonchev–Trinajstić information content (AvgIpc) is 3.27. The molecule has 0 heterocycles. The maximum absolute atomic E-state index is 12.7. The van der Waals surface area contributed by atoms with E-state index in [1.165, 1.54) is 70.6 Å². The Labute approximate surface area is 406 Å². The van der Waals surface area contributed by atoms with Gasteiger partial charge in [0.25, 0.3) is 0 Å². The molecule has 0 saturated heterocycles. The van der Waals surface area contributed by atoms with E-state index in [-0.39, 0.29) is 19.1 Å². The summed E-state index contributed by atoms with van der Waals surface area (Å²) >= 11 is 0. The predicted molar refractivity (Wildman–Crippen MR) is 285 cm³/mol. The molecule has 3 atom stereocenters. The van der Waals surface area contributed by atoms with E-state index in [2.05, 4.69) is 129 Å². The number of carbonyl (C=O) groups excluding carboxylic acids is 1. The van der Waals surface area contributed by atoms with Gasteiger partial charge in [-0.15, -0.1) is 0 Å². The number of amides is 1. The number of aliphatic hydroxyl groups excluding tert-OH is 1. The van der Waals surface area contributed by atoms with Crippen LogP contribution in [0.4, 0.5) is 0 Å². The third kappa shape index (κ3) is 49.1. The summed E-state index contributed by atoms with van der Waals surface area (Å²) in [5, 5.41) is 13.6. The Balaban J connectivity index is 3.78. The molecular weight excluding hydrogens is 840 g/mol. The fraction of sp³-hybridized carbons (Fsp3) is 0.667. The number of hydrogen-bond acceptors (Lipinski definition) is 5. The van der Waals surface area contributed by atoms with Crippen LogP contribution in [0.3, 0.4) is 0 Å². The molecule has 0 spiro atoms. The highest BCUT2D eigenvalue weighted by molar-refractivity contribution is 7.47. The quantitative estimate of drug-likeness (QED) is 0.0243. The fourth-order valence-electron chi connectivity index (χ4n) is 6.92. The smallest absolute Gasteiger partial charge is 0.391 e. The first-order valence-electron chi connectivity index (χ1n) is 26.3. The Morgan fingerprint density at radius 2 is 0.909 bits per heavy atom. The number of phosphoric ester groups is 1. The molecule has 0 bridgehead atoms. The lowest BCUT2D eigenvalue weighted by Crippen LogP contribution is -2.46. The summed E-state index contributed by atoms with van der Waals surface area (Å²) in [6, 6.07) is -0.762. The Hall–Kier alpha value is -2.84. The molecule has 0 saturated carbocycles. The molecule has 3 N–H and O–H groups in total. The zero-order chi connectivity index (χ0) is 48.5. The number of aliphatic hydroxyl groups is 1. The first-order chi connectivity index (χ1) is 32.0. The van der Waals surface area contributed by atoms with Crippen molar-refractivity contribution < 1.29 is 32.9 Å². The highest BCUT2D eigenvalue weighted by atomic mass is 31.2. The van der Waals surface area contributed by atoms with Crippen LogP contribution in [0, 0.1) is 0 Å². The molecule has 8 nitrogen and oxygen atoms in total. The van der Waals surface area contributed by atoms with Gasteiger partial charge in [0.15, 0.2) is 0 Å². The number of likely N-dealkylation sites (N-methyl/N-ethyl adjacent to an activating group) is 1. The number of carbonyl (C=O) groups is 1. The van der Waals surface area contributed by atoms with E-state index in [1.54, 1.807) is 0 Å². The number of rotatable bonds is 46. The van der Waals surface area contributed by atoms with Crippen LogP contribution >= 0.6 is 7.82 Å². The normalized spacial score (nSPS) is 15.0. The molecule has 1 amide bonds. The molecule has 0 aliphatic rings. The van der Waals surface area contributed by atoms with Crippen molar-refractivity contribution >= 4 is 13.7 Å². The van der Waals surface area contributed by atoms with Crippen LogP contribution in [0.5, 0.6) is 0 Å². The SMILES string of the molecule is CC/C=C\C/C=C\C/C=C\C/C=C\C/C=C\C/C=C\C/C=C\C/C=C\C/C=C\CCCCCCCCCCCCCCCC(=O)NC(COP(=O)(O)OCC[N+](C)(C)C)C(O)CCCCC. The number of nitrogens with zero attached hydrogens (tertiary/aromatic N) is 1. The molecule has 0 fully saturated rings. The lowest BCUT2D eigenvalue weighted by Gasteiger charge is -2.26. The number of nitrogens with one attached hydrogen (secondary N) is 1. The molecule has 0 aromatic rings. The Bertz CT molecular complexity index is 1440. The zero-order valence-electron chi connectivity index (χ0n) is 42.9. The lowest BCUT2D eigenvalue weighted by atomic mass is 10.0. The van der Waals surface area contributed by atoms with Crippen LogP contribution in [0.15, 0.2) is 109 Å². The number of unbranched alkanes of at least 4 members (excludes halogenated alkanes) is 15. The minimum Gasteiger partial charge on any atom is -0.391 e. The van der Waals surface area contributed by atoms with E-state index in [4.69, 9.17) is 9.05 Å². The monoisotopic (exact) mass is 940 g/mol. The number of phosphoric acid groups is 1. The minimum absolute atomic E-state index is 0.0687. The second kappa shape index (κ2) is 47.2. The minimum atomic E-state index is -4.30. The van der Waals surface area contributed by atoms with Crippen LogP contribution in [-0.2, 0) is 18.4 Å². The molecular formula is C57H100N2O6P+. The van der Waals surface area contributed by atoms with E-state index < -0.39 is 20.0 Å². The third-order valence-corrected chi connectivity index (χ3v) is 12.0. The second-order valence-corrected chi connectivity index (χ2v) is 20.0.